The fourth-order valence-corrected chi connectivity index (χ4v) is 4.26. The highest BCUT2D eigenvalue weighted by Crippen LogP contribution is 2.32. The first-order valence-electron chi connectivity index (χ1n) is 9.23. The summed E-state index contributed by atoms with van der Waals surface area (Å²) >= 11 is 11.9. The molecule has 0 aliphatic carbocycles. The third-order valence-electron chi connectivity index (χ3n) is 4.31. The van der Waals surface area contributed by atoms with Gasteiger partial charge >= 0.3 is 5.97 Å². The molecular weight excluding hydrogens is 469 g/mol. The molecule has 2 aromatic rings. The van der Waals surface area contributed by atoms with Gasteiger partial charge in [-0.3, -0.25) is 9.59 Å². The van der Waals surface area contributed by atoms with Gasteiger partial charge < -0.3 is 19.5 Å². The summed E-state index contributed by atoms with van der Waals surface area (Å²) in [4.78, 5) is 24.3. The van der Waals surface area contributed by atoms with Gasteiger partial charge in [0.15, 0.2) is 27.4 Å². The van der Waals surface area contributed by atoms with E-state index < -0.39 is 40.0 Å². The quantitative estimate of drug-likeness (QED) is 0.595. The number of esters is 1. The minimum atomic E-state index is -3.77. The second kappa shape index (κ2) is 9.76. The Kier molecular flexibility index (Phi) is 7.30. The predicted octanol–water partition coefficient (Wildman–Crippen LogP) is 3.50. The van der Waals surface area contributed by atoms with Crippen molar-refractivity contribution >= 4 is 50.6 Å². The first kappa shape index (κ1) is 23.2. The molecule has 0 saturated carbocycles. The lowest BCUT2D eigenvalue weighted by Crippen LogP contribution is -2.30. The van der Waals surface area contributed by atoms with Crippen molar-refractivity contribution in [2.75, 3.05) is 24.3 Å². The average molecular weight is 488 g/mol. The van der Waals surface area contributed by atoms with E-state index in [-0.39, 0.29) is 15.6 Å². The predicted molar refractivity (Wildman–Crippen MR) is 115 cm³/mol. The van der Waals surface area contributed by atoms with Gasteiger partial charge in [-0.2, -0.15) is 0 Å². The third kappa shape index (κ3) is 6.03. The van der Waals surface area contributed by atoms with Gasteiger partial charge in [0, 0.05) is 11.1 Å². The number of nitrogens with one attached hydrogen (secondary N) is 1. The Morgan fingerprint density at radius 1 is 1.10 bits per heavy atom. The monoisotopic (exact) mass is 487 g/mol. The van der Waals surface area contributed by atoms with E-state index in [1.807, 2.05) is 0 Å². The molecule has 1 atom stereocenters. The van der Waals surface area contributed by atoms with Crippen LogP contribution >= 0.6 is 23.2 Å². The van der Waals surface area contributed by atoms with E-state index in [1.165, 1.54) is 37.3 Å². The maximum absolute atomic E-state index is 12.5. The molecule has 0 spiro atoms. The molecule has 31 heavy (non-hydrogen) atoms. The Labute approximate surface area is 189 Å². The molecule has 1 unspecified atom stereocenters. The van der Waals surface area contributed by atoms with Gasteiger partial charge in [0.05, 0.1) is 27.8 Å². The van der Waals surface area contributed by atoms with Crippen molar-refractivity contribution in [3.8, 4) is 11.5 Å². The van der Waals surface area contributed by atoms with Crippen molar-refractivity contribution < 1.29 is 32.2 Å². The van der Waals surface area contributed by atoms with Crippen molar-refractivity contribution in [3.63, 3.8) is 0 Å². The third-order valence-corrected chi connectivity index (χ3v) is 6.59. The summed E-state index contributed by atoms with van der Waals surface area (Å²) < 4.78 is 40.9. The number of ether oxygens (including phenoxy) is 3. The molecule has 166 valence electrons. The smallest absolute Gasteiger partial charge is 0.307 e. The topological polar surface area (TPSA) is 108 Å². The second-order valence-electron chi connectivity index (χ2n) is 6.62. The number of hydrogen-bond acceptors (Lipinski definition) is 7. The van der Waals surface area contributed by atoms with E-state index in [9.17, 15) is 18.0 Å². The van der Waals surface area contributed by atoms with Crippen LogP contribution < -0.4 is 14.8 Å². The largest absolute Gasteiger partial charge is 0.486 e. The van der Waals surface area contributed by atoms with Crippen LogP contribution in [0.5, 0.6) is 11.5 Å². The molecule has 8 nitrogen and oxygen atoms in total. The summed E-state index contributed by atoms with van der Waals surface area (Å²) in [7, 11) is -3.77. The van der Waals surface area contributed by atoms with E-state index in [4.69, 9.17) is 37.4 Å². The fourth-order valence-electron chi connectivity index (χ4n) is 2.69. The number of anilines is 1. The molecule has 0 saturated heterocycles. The number of hydrogen-bond donors (Lipinski definition) is 1. The van der Waals surface area contributed by atoms with Gasteiger partial charge in [0.1, 0.15) is 13.2 Å². The Balaban J connectivity index is 1.55. The van der Waals surface area contributed by atoms with E-state index in [0.717, 1.165) is 0 Å². The minimum absolute atomic E-state index is 0.00550. The Hall–Kier alpha value is -2.49. The van der Waals surface area contributed by atoms with Crippen LogP contribution in [0.15, 0.2) is 41.3 Å². The molecule has 1 aliphatic heterocycles. The lowest BCUT2D eigenvalue weighted by Gasteiger charge is -2.18. The van der Waals surface area contributed by atoms with E-state index in [1.54, 1.807) is 6.07 Å². The van der Waals surface area contributed by atoms with Gasteiger partial charge in [-0.25, -0.2) is 8.42 Å². The van der Waals surface area contributed by atoms with Crippen molar-refractivity contribution in [1.29, 1.82) is 0 Å². The SMILES string of the molecule is CC(OC(=O)CCS(=O)(=O)c1ccc2c(c1)OCCO2)C(=O)Nc1cc(Cl)ccc1Cl. The number of benzene rings is 2. The van der Waals surface area contributed by atoms with E-state index in [0.29, 0.717) is 29.7 Å². The standard InChI is InChI=1S/C20H19Cl2NO7S/c1-12(20(25)23-16-10-13(21)2-4-15(16)22)30-19(24)6-9-31(26,27)14-3-5-17-18(11-14)29-8-7-28-17/h2-5,10-12H,6-9H2,1H3,(H,23,25). The lowest BCUT2D eigenvalue weighted by molar-refractivity contribution is -0.152. The van der Waals surface area contributed by atoms with Gasteiger partial charge in [0.25, 0.3) is 5.91 Å². The Morgan fingerprint density at radius 2 is 1.81 bits per heavy atom. The van der Waals surface area contributed by atoms with Crippen LogP contribution in [0, 0.1) is 0 Å². The number of amides is 1. The molecule has 0 aromatic heterocycles. The van der Waals surface area contributed by atoms with Gasteiger partial charge in [-0.05, 0) is 37.3 Å². The zero-order chi connectivity index (χ0) is 22.6. The van der Waals surface area contributed by atoms with Crippen molar-refractivity contribution in [2.45, 2.75) is 24.3 Å². The number of carbonyl (C=O) groups is 2. The van der Waals surface area contributed by atoms with E-state index in [2.05, 4.69) is 5.32 Å². The molecule has 1 aliphatic rings. The molecule has 2 aromatic carbocycles. The van der Waals surface area contributed by atoms with Crippen LogP contribution in [0.4, 0.5) is 5.69 Å². The highest BCUT2D eigenvalue weighted by molar-refractivity contribution is 7.91. The number of rotatable bonds is 7. The zero-order valence-corrected chi connectivity index (χ0v) is 18.7. The van der Waals surface area contributed by atoms with Crippen LogP contribution in [0.1, 0.15) is 13.3 Å². The minimum Gasteiger partial charge on any atom is -0.486 e. The summed E-state index contributed by atoms with van der Waals surface area (Å²) in [5.74, 6) is -1.16. The van der Waals surface area contributed by atoms with Gasteiger partial charge in [-0.15, -0.1) is 0 Å². The first-order chi connectivity index (χ1) is 14.7. The maximum Gasteiger partial charge on any atom is 0.307 e. The highest BCUT2D eigenvalue weighted by atomic mass is 35.5. The van der Waals surface area contributed by atoms with Gasteiger partial charge in [0.2, 0.25) is 0 Å². The van der Waals surface area contributed by atoms with Crippen LogP contribution in [0.2, 0.25) is 10.0 Å². The normalized spacial score (nSPS) is 13.9. The van der Waals surface area contributed by atoms with Crippen molar-refractivity contribution in [3.05, 3.63) is 46.4 Å². The molecule has 0 radical (unpaired) electrons. The van der Waals surface area contributed by atoms with Crippen molar-refractivity contribution in [2.24, 2.45) is 0 Å². The number of halogens is 2. The maximum atomic E-state index is 12.5. The zero-order valence-electron chi connectivity index (χ0n) is 16.4. The molecule has 11 heteroatoms. The number of carbonyl (C=O) groups excluding carboxylic acids is 2. The summed E-state index contributed by atoms with van der Waals surface area (Å²) in [5.41, 5.74) is 0.267. The number of fused-ring (bicyclic) bond motifs is 1. The molecule has 1 N–H and O–H groups in total. The summed E-state index contributed by atoms with van der Waals surface area (Å²) in [6, 6.07) is 8.78. The molecule has 1 heterocycles. The summed E-state index contributed by atoms with van der Waals surface area (Å²) in [6.07, 6.45) is -1.59. The fraction of sp³-hybridized carbons (Fsp3) is 0.300. The van der Waals surface area contributed by atoms with Crippen LogP contribution in [-0.4, -0.2) is 45.4 Å². The number of sulfone groups is 1. The van der Waals surface area contributed by atoms with Crippen LogP contribution in [0.25, 0.3) is 0 Å². The van der Waals surface area contributed by atoms with Gasteiger partial charge in [-0.1, -0.05) is 23.2 Å². The Bertz CT molecular complexity index is 1100. The molecule has 3 rings (SSSR count). The summed E-state index contributed by atoms with van der Waals surface area (Å²) in [5, 5.41) is 3.14. The molecule has 0 fully saturated rings. The second-order valence-corrected chi connectivity index (χ2v) is 9.57. The van der Waals surface area contributed by atoms with Crippen LogP contribution in [-0.2, 0) is 24.2 Å². The molecule has 1 amide bonds. The van der Waals surface area contributed by atoms with E-state index >= 15 is 0 Å². The highest BCUT2D eigenvalue weighted by Gasteiger charge is 2.23. The molecule has 0 bridgehead atoms. The Morgan fingerprint density at radius 3 is 2.55 bits per heavy atom. The lowest BCUT2D eigenvalue weighted by atomic mass is 10.3. The van der Waals surface area contributed by atoms with Crippen molar-refractivity contribution in [1.82, 2.24) is 0 Å². The first-order valence-corrected chi connectivity index (χ1v) is 11.6. The molecular formula is C20H19Cl2NO7S. The average Bonchev–Trinajstić information content (AvgIpc) is 2.74. The summed E-state index contributed by atoms with van der Waals surface area (Å²) in [6.45, 7) is 2.07. The van der Waals surface area contributed by atoms with Crippen LogP contribution in [0.3, 0.4) is 0 Å².